The maximum atomic E-state index is 4.47. The SMILES string of the molecule is SCc1ccccc1.c1cc2ccc3cccc4ccc(c1)c2c34.c1ccc2c(c1)-c1cccc3cccc-2c13.c1ccc2scnc2c1.c1cocn1. The van der Waals surface area contributed by atoms with E-state index in [1.807, 2.05) is 41.9 Å². The van der Waals surface area contributed by atoms with Crippen LogP contribution in [0, 0.1) is 0 Å². The van der Waals surface area contributed by atoms with Gasteiger partial charge in [0.25, 0.3) is 0 Å². The van der Waals surface area contributed by atoms with Crippen molar-refractivity contribution < 1.29 is 4.42 Å². The lowest BCUT2D eigenvalue weighted by Gasteiger charge is -2.09. The molecule has 12 rings (SSSR count). The minimum absolute atomic E-state index is 0.834. The predicted octanol–water partition coefficient (Wildman–Crippen LogP) is 14.2. The first-order valence-corrected chi connectivity index (χ1v) is 19.3. The Kier molecular flexibility index (Phi) is 10.7. The van der Waals surface area contributed by atoms with Gasteiger partial charge in [-0.1, -0.05) is 164 Å². The molecule has 54 heavy (non-hydrogen) atoms. The van der Waals surface area contributed by atoms with Gasteiger partial charge in [0.1, 0.15) is 6.26 Å². The number of aromatic nitrogens is 2. The average Bonchev–Trinajstić information content (AvgIpc) is 4.05. The molecule has 0 amide bonds. The molecule has 9 aromatic carbocycles. The largest absolute Gasteiger partial charge is 0.452 e. The molecular formula is C49H36N2OS2. The maximum Gasteiger partial charge on any atom is 0.180 e. The molecule has 11 aromatic rings. The highest BCUT2D eigenvalue weighted by Gasteiger charge is 2.19. The van der Waals surface area contributed by atoms with Gasteiger partial charge in [0.15, 0.2) is 6.39 Å². The molecule has 0 spiro atoms. The second-order valence-electron chi connectivity index (χ2n) is 12.7. The summed E-state index contributed by atoms with van der Waals surface area (Å²) in [5.74, 6) is 0.834. The van der Waals surface area contributed by atoms with Crippen molar-refractivity contribution in [1.29, 1.82) is 0 Å². The lowest BCUT2D eigenvalue weighted by atomic mass is 9.95. The Morgan fingerprint density at radius 3 is 1.41 bits per heavy atom. The van der Waals surface area contributed by atoms with Crippen LogP contribution in [-0.2, 0) is 5.75 Å². The monoisotopic (exact) mass is 732 g/mol. The lowest BCUT2D eigenvalue weighted by molar-refractivity contribution is 0.558. The average molecular weight is 733 g/mol. The predicted molar refractivity (Wildman–Crippen MR) is 234 cm³/mol. The van der Waals surface area contributed by atoms with Crippen molar-refractivity contribution >= 4 is 77.3 Å². The van der Waals surface area contributed by atoms with Gasteiger partial charge in [0, 0.05) is 5.75 Å². The number of oxazole rings is 1. The van der Waals surface area contributed by atoms with Crippen LogP contribution in [0.3, 0.4) is 0 Å². The zero-order chi connectivity index (χ0) is 36.5. The zero-order valence-corrected chi connectivity index (χ0v) is 31.1. The van der Waals surface area contributed by atoms with Crippen LogP contribution in [0.15, 0.2) is 205 Å². The number of hydrogen-bond donors (Lipinski definition) is 1. The van der Waals surface area contributed by atoms with E-state index in [4.69, 9.17) is 0 Å². The van der Waals surface area contributed by atoms with Crippen molar-refractivity contribution in [3.05, 3.63) is 206 Å². The van der Waals surface area contributed by atoms with Crippen LogP contribution in [0.1, 0.15) is 5.56 Å². The normalized spacial score (nSPS) is 10.8. The molecule has 2 heterocycles. The van der Waals surface area contributed by atoms with Gasteiger partial charge in [0.2, 0.25) is 0 Å². The number of nitrogens with zero attached hydrogens (tertiary/aromatic N) is 2. The molecule has 0 unspecified atom stereocenters. The van der Waals surface area contributed by atoms with Crippen molar-refractivity contribution in [1.82, 2.24) is 9.97 Å². The number of benzene rings is 9. The van der Waals surface area contributed by atoms with Gasteiger partial charge < -0.3 is 4.42 Å². The van der Waals surface area contributed by atoms with Crippen molar-refractivity contribution in [3.8, 4) is 22.3 Å². The summed E-state index contributed by atoms with van der Waals surface area (Å²) in [5, 5.41) is 10.9. The minimum Gasteiger partial charge on any atom is -0.452 e. The Bertz CT molecular complexity index is 2650. The molecule has 3 nitrogen and oxygen atoms in total. The smallest absolute Gasteiger partial charge is 0.180 e. The summed E-state index contributed by atoms with van der Waals surface area (Å²) in [7, 11) is 0. The van der Waals surface area contributed by atoms with E-state index in [1.54, 1.807) is 17.5 Å². The molecule has 0 fully saturated rings. The fourth-order valence-electron chi connectivity index (χ4n) is 6.97. The summed E-state index contributed by atoms with van der Waals surface area (Å²) >= 11 is 5.79. The van der Waals surface area contributed by atoms with Gasteiger partial charge in [-0.25, -0.2) is 9.97 Å². The number of rotatable bonds is 1. The summed E-state index contributed by atoms with van der Waals surface area (Å²) in [6.07, 6.45) is 4.47. The topological polar surface area (TPSA) is 38.9 Å². The molecule has 0 radical (unpaired) electrons. The molecule has 0 N–H and O–H groups in total. The Hall–Kier alpha value is -6.27. The fraction of sp³-hybridized carbons (Fsp3) is 0.0204. The van der Waals surface area contributed by atoms with Crippen molar-refractivity contribution in [2.24, 2.45) is 0 Å². The summed E-state index contributed by atoms with van der Waals surface area (Å²) < 4.78 is 5.73. The Labute approximate surface area is 324 Å². The van der Waals surface area contributed by atoms with Gasteiger partial charge in [-0.15, -0.1) is 11.3 Å². The van der Waals surface area contributed by atoms with Crippen molar-refractivity contribution in [2.75, 3.05) is 0 Å². The number of para-hydroxylation sites is 1. The number of hydrogen-bond acceptors (Lipinski definition) is 5. The Morgan fingerprint density at radius 1 is 0.463 bits per heavy atom. The zero-order valence-electron chi connectivity index (χ0n) is 29.4. The van der Waals surface area contributed by atoms with E-state index >= 15 is 0 Å². The Morgan fingerprint density at radius 2 is 0.944 bits per heavy atom. The van der Waals surface area contributed by atoms with E-state index in [0.29, 0.717) is 0 Å². The highest BCUT2D eigenvalue weighted by molar-refractivity contribution is 7.79. The van der Waals surface area contributed by atoms with Crippen LogP contribution in [0.5, 0.6) is 0 Å². The summed E-state index contributed by atoms with van der Waals surface area (Å²) in [6, 6.07) is 61.9. The molecule has 260 valence electrons. The quantitative estimate of drug-likeness (QED) is 0.135. The highest BCUT2D eigenvalue weighted by Crippen LogP contribution is 2.46. The number of thiazole rings is 1. The van der Waals surface area contributed by atoms with E-state index in [1.165, 1.54) is 88.3 Å². The van der Waals surface area contributed by atoms with Crippen LogP contribution < -0.4 is 0 Å². The van der Waals surface area contributed by atoms with Gasteiger partial charge in [-0.3, -0.25) is 0 Å². The first kappa shape index (κ1) is 34.8. The lowest BCUT2D eigenvalue weighted by Crippen LogP contribution is -1.82. The molecule has 0 aliphatic heterocycles. The third-order valence-corrected chi connectivity index (χ3v) is 10.6. The second-order valence-corrected chi connectivity index (χ2v) is 13.9. The highest BCUT2D eigenvalue weighted by atomic mass is 32.1. The Balaban J connectivity index is 0.000000102. The third-order valence-electron chi connectivity index (χ3n) is 9.41. The molecule has 0 saturated heterocycles. The summed E-state index contributed by atoms with van der Waals surface area (Å²) in [4.78, 5) is 7.69. The van der Waals surface area contributed by atoms with E-state index in [0.717, 1.165) is 11.3 Å². The van der Waals surface area contributed by atoms with Gasteiger partial charge >= 0.3 is 0 Å². The van der Waals surface area contributed by atoms with Gasteiger partial charge in [-0.05, 0) is 83.0 Å². The molecule has 0 atom stereocenters. The second kappa shape index (κ2) is 16.6. The van der Waals surface area contributed by atoms with E-state index in [-0.39, 0.29) is 0 Å². The summed E-state index contributed by atoms with van der Waals surface area (Å²) in [6.45, 7) is 0. The van der Waals surface area contributed by atoms with Crippen LogP contribution in [-0.4, -0.2) is 9.97 Å². The first-order chi connectivity index (χ1) is 26.8. The van der Waals surface area contributed by atoms with Crippen LogP contribution in [0.25, 0.3) is 75.6 Å². The fourth-order valence-corrected chi connectivity index (χ4v) is 7.86. The van der Waals surface area contributed by atoms with Crippen LogP contribution >= 0.6 is 24.0 Å². The van der Waals surface area contributed by atoms with Gasteiger partial charge in [0.05, 0.1) is 21.9 Å². The first-order valence-electron chi connectivity index (χ1n) is 17.8. The van der Waals surface area contributed by atoms with Crippen molar-refractivity contribution in [2.45, 2.75) is 5.75 Å². The third kappa shape index (κ3) is 7.46. The molecule has 5 heteroatoms. The van der Waals surface area contributed by atoms with Crippen LogP contribution in [0.2, 0.25) is 0 Å². The van der Waals surface area contributed by atoms with E-state index in [9.17, 15) is 0 Å². The molecule has 2 aromatic heterocycles. The van der Waals surface area contributed by atoms with Crippen molar-refractivity contribution in [3.63, 3.8) is 0 Å². The van der Waals surface area contributed by atoms with Crippen LogP contribution in [0.4, 0.5) is 0 Å². The standard InChI is InChI=1S/2C16H10.C7H5NS.C7H8S.C3H3NO/c1-3-11-7-9-13-5-2-6-14-10-8-12(4-1)15(11)16(13)14;1-2-8-13-12(7-1)14-9-3-5-11-6-4-10-15(13)16(11)14;1-2-4-7-6(3-1)8-5-9-7;8-6-7-4-2-1-3-5-7;1-2-5-3-4-1/h2*1-10H;1-5H;1-5,8H,6H2;1-3H. The molecule has 1 aliphatic carbocycles. The molecule has 1 aliphatic rings. The number of fused-ring (bicyclic) bond motifs is 4. The maximum absolute atomic E-state index is 4.47. The number of thiol groups is 1. The molecular weight excluding hydrogens is 697 g/mol. The van der Waals surface area contributed by atoms with E-state index < -0.39 is 0 Å². The van der Waals surface area contributed by atoms with Gasteiger partial charge in [-0.2, -0.15) is 12.6 Å². The molecule has 0 bridgehead atoms. The van der Waals surface area contributed by atoms with E-state index in [2.05, 4.69) is 167 Å². The minimum atomic E-state index is 0.834. The molecule has 0 saturated carbocycles. The summed E-state index contributed by atoms with van der Waals surface area (Å²) in [5.41, 5.74) is 9.74.